The summed E-state index contributed by atoms with van der Waals surface area (Å²) in [6, 6.07) is 6.06. The van der Waals surface area contributed by atoms with Crippen LogP contribution in [-0.4, -0.2) is 41.2 Å². The molecule has 0 radical (unpaired) electrons. The minimum Gasteiger partial charge on any atom is -0.382 e. The Morgan fingerprint density at radius 1 is 1.19 bits per heavy atom. The van der Waals surface area contributed by atoms with Gasteiger partial charge in [0.15, 0.2) is 23.2 Å². The molecule has 0 unspecified atom stereocenters. The van der Waals surface area contributed by atoms with Gasteiger partial charge in [0.2, 0.25) is 0 Å². The van der Waals surface area contributed by atoms with Crippen LogP contribution in [0.25, 0.3) is 22.6 Å². The molecule has 4 heterocycles. The third-order valence-corrected chi connectivity index (χ3v) is 4.61. The van der Waals surface area contributed by atoms with Crippen molar-refractivity contribution in [2.45, 2.75) is 20.0 Å². The van der Waals surface area contributed by atoms with E-state index in [9.17, 15) is 0 Å². The van der Waals surface area contributed by atoms with E-state index in [0.29, 0.717) is 23.9 Å². The molecule has 130 valence electrons. The van der Waals surface area contributed by atoms with E-state index in [4.69, 9.17) is 10.7 Å². The number of nitrogen functional groups attached to an aromatic ring is 1. The van der Waals surface area contributed by atoms with Crippen molar-refractivity contribution in [2.75, 3.05) is 17.2 Å². The Balaban J connectivity index is 1.54. The van der Waals surface area contributed by atoms with Crippen LogP contribution in [0.5, 0.6) is 0 Å². The fourth-order valence-electron chi connectivity index (χ4n) is 3.21. The van der Waals surface area contributed by atoms with Gasteiger partial charge in [-0.15, -0.1) is 10.2 Å². The van der Waals surface area contributed by atoms with E-state index in [-0.39, 0.29) is 0 Å². The number of hydrogen-bond donors (Lipinski definition) is 2. The average Bonchev–Trinajstić information content (AvgIpc) is 3.27. The van der Waals surface area contributed by atoms with Gasteiger partial charge in [0, 0.05) is 13.1 Å². The first-order valence-corrected chi connectivity index (χ1v) is 8.38. The second-order valence-corrected chi connectivity index (χ2v) is 6.43. The lowest BCUT2D eigenvalue weighted by Gasteiger charge is -2.27. The van der Waals surface area contributed by atoms with Crippen LogP contribution in [0.2, 0.25) is 0 Å². The van der Waals surface area contributed by atoms with Crippen LogP contribution in [0, 0.1) is 6.92 Å². The maximum absolute atomic E-state index is 6.08. The van der Waals surface area contributed by atoms with Crippen molar-refractivity contribution in [1.29, 1.82) is 0 Å². The third-order valence-electron chi connectivity index (χ3n) is 4.61. The van der Waals surface area contributed by atoms with Crippen molar-refractivity contribution in [3.05, 3.63) is 42.1 Å². The molecule has 3 aromatic heterocycles. The highest BCUT2D eigenvalue weighted by Gasteiger charge is 2.21. The maximum Gasteiger partial charge on any atom is 0.161 e. The van der Waals surface area contributed by atoms with Crippen LogP contribution in [0.3, 0.4) is 0 Å². The monoisotopic (exact) mass is 347 g/mol. The van der Waals surface area contributed by atoms with Gasteiger partial charge in [-0.3, -0.25) is 0 Å². The SMILES string of the molecule is Cc1ccc2nc(-c3nc(N4CCn5cnnc5C4)cnc3N)[nH]c2c1. The fraction of sp³-hybridized carbons (Fsp3) is 0.235. The zero-order chi connectivity index (χ0) is 17.7. The van der Waals surface area contributed by atoms with E-state index in [1.54, 1.807) is 12.5 Å². The van der Waals surface area contributed by atoms with Crippen molar-refractivity contribution in [3.63, 3.8) is 0 Å². The fourth-order valence-corrected chi connectivity index (χ4v) is 3.21. The van der Waals surface area contributed by atoms with Gasteiger partial charge in [0.1, 0.15) is 12.1 Å². The number of nitrogens with two attached hydrogens (primary N) is 1. The van der Waals surface area contributed by atoms with Crippen molar-refractivity contribution in [2.24, 2.45) is 0 Å². The number of hydrogen-bond acceptors (Lipinski definition) is 7. The van der Waals surface area contributed by atoms with Crippen LogP contribution in [0.4, 0.5) is 11.6 Å². The minimum absolute atomic E-state index is 0.352. The predicted molar refractivity (Wildman–Crippen MR) is 97.3 cm³/mol. The van der Waals surface area contributed by atoms with Gasteiger partial charge in [-0.2, -0.15) is 0 Å². The number of aryl methyl sites for hydroxylation is 1. The highest BCUT2D eigenvalue weighted by Crippen LogP contribution is 2.26. The summed E-state index contributed by atoms with van der Waals surface area (Å²) in [5, 5.41) is 8.11. The van der Waals surface area contributed by atoms with Crippen molar-refractivity contribution >= 4 is 22.7 Å². The molecule has 0 saturated heterocycles. The van der Waals surface area contributed by atoms with E-state index in [0.717, 1.165) is 41.3 Å². The normalized spacial score (nSPS) is 14.0. The Morgan fingerprint density at radius 3 is 3.04 bits per heavy atom. The van der Waals surface area contributed by atoms with Gasteiger partial charge in [0.05, 0.1) is 23.8 Å². The van der Waals surface area contributed by atoms with Gasteiger partial charge < -0.3 is 20.2 Å². The number of H-pyrrole nitrogens is 1. The summed E-state index contributed by atoms with van der Waals surface area (Å²) < 4.78 is 2.05. The smallest absolute Gasteiger partial charge is 0.161 e. The first-order chi connectivity index (χ1) is 12.7. The molecule has 0 spiro atoms. The predicted octanol–water partition coefficient (Wildman–Crippen LogP) is 1.52. The Morgan fingerprint density at radius 2 is 2.12 bits per heavy atom. The zero-order valence-corrected chi connectivity index (χ0v) is 14.2. The van der Waals surface area contributed by atoms with Gasteiger partial charge >= 0.3 is 0 Å². The number of aromatic amines is 1. The lowest BCUT2D eigenvalue weighted by molar-refractivity contribution is 0.556. The second kappa shape index (κ2) is 5.51. The van der Waals surface area contributed by atoms with E-state index in [2.05, 4.69) is 36.1 Å². The Hall–Kier alpha value is -3.49. The molecule has 0 saturated carbocycles. The topological polar surface area (TPSA) is 114 Å². The van der Waals surface area contributed by atoms with Gasteiger partial charge in [-0.1, -0.05) is 6.07 Å². The van der Waals surface area contributed by atoms with E-state index in [1.807, 2.05) is 23.6 Å². The number of nitrogens with zero attached hydrogens (tertiary/aromatic N) is 7. The molecule has 9 heteroatoms. The maximum atomic E-state index is 6.08. The molecule has 1 aliphatic heterocycles. The van der Waals surface area contributed by atoms with E-state index < -0.39 is 0 Å². The van der Waals surface area contributed by atoms with Gasteiger partial charge in [-0.25, -0.2) is 15.0 Å². The Kier molecular flexibility index (Phi) is 3.14. The summed E-state index contributed by atoms with van der Waals surface area (Å²) in [6.07, 6.45) is 3.45. The number of nitrogens with one attached hydrogen (secondary N) is 1. The summed E-state index contributed by atoms with van der Waals surface area (Å²) in [7, 11) is 0. The summed E-state index contributed by atoms with van der Waals surface area (Å²) in [5.74, 6) is 2.64. The molecule has 0 amide bonds. The number of aromatic nitrogens is 7. The van der Waals surface area contributed by atoms with Crippen molar-refractivity contribution < 1.29 is 0 Å². The molecule has 4 aromatic rings. The van der Waals surface area contributed by atoms with Crippen molar-refractivity contribution in [1.82, 2.24) is 34.7 Å². The molecular formula is C17H17N9. The number of fused-ring (bicyclic) bond motifs is 2. The van der Waals surface area contributed by atoms with Crippen molar-refractivity contribution in [3.8, 4) is 11.5 Å². The molecule has 3 N–H and O–H groups in total. The second-order valence-electron chi connectivity index (χ2n) is 6.43. The molecule has 26 heavy (non-hydrogen) atoms. The average molecular weight is 347 g/mol. The molecule has 5 rings (SSSR count). The first kappa shape index (κ1) is 14.8. The molecular weight excluding hydrogens is 330 g/mol. The Labute approximate surface area is 148 Å². The highest BCUT2D eigenvalue weighted by atomic mass is 15.3. The van der Waals surface area contributed by atoms with Gasteiger partial charge in [0.25, 0.3) is 0 Å². The first-order valence-electron chi connectivity index (χ1n) is 8.38. The van der Waals surface area contributed by atoms with E-state index in [1.165, 1.54) is 0 Å². The molecule has 1 aromatic carbocycles. The van der Waals surface area contributed by atoms with Crippen LogP contribution in [0.15, 0.2) is 30.7 Å². The summed E-state index contributed by atoms with van der Waals surface area (Å²) in [4.78, 5) is 19.1. The van der Waals surface area contributed by atoms with Crippen LogP contribution >= 0.6 is 0 Å². The van der Waals surface area contributed by atoms with Gasteiger partial charge in [-0.05, 0) is 24.6 Å². The lowest BCUT2D eigenvalue weighted by atomic mass is 10.2. The zero-order valence-electron chi connectivity index (χ0n) is 14.2. The number of benzene rings is 1. The Bertz CT molecular complexity index is 1110. The molecule has 0 atom stereocenters. The highest BCUT2D eigenvalue weighted by molar-refractivity contribution is 5.81. The molecule has 0 bridgehead atoms. The van der Waals surface area contributed by atoms with Crippen LogP contribution in [0.1, 0.15) is 11.4 Å². The summed E-state index contributed by atoms with van der Waals surface area (Å²) in [6.45, 7) is 4.30. The quantitative estimate of drug-likeness (QED) is 0.565. The molecule has 1 aliphatic rings. The molecule has 0 fully saturated rings. The number of imidazole rings is 1. The van der Waals surface area contributed by atoms with Crippen LogP contribution in [-0.2, 0) is 13.1 Å². The largest absolute Gasteiger partial charge is 0.382 e. The lowest BCUT2D eigenvalue weighted by Crippen LogP contribution is -2.34. The minimum atomic E-state index is 0.352. The molecule has 0 aliphatic carbocycles. The van der Waals surface area contributed by atoms with Crippen LogP contribution < -0.4 is 10.6 Å². The number of anilines is 2. The number of rotatable bonds is 2. The molecule has 9 nitrogen and oxygen atoms in total. The summed E-state index contributed by atoms with van der Waals surface area (Å²) in [5.41, 5.74) is 9.64. The summed E-state index contributed by atoms with van der Waals surface area (Å²) >= 11 is 0. The third kappa shape index (κ3) is 2.36. The van der Waals surface area contributed by atoms with E-state index >= 15 is 0 Å². The standard InChI is InChI=1S/C17H17N9/c1-10-2-3-11-12(6-10)22-17(21-11)15-16(18)19-7-13(23-15)25-4-5-26-9-20-24-14(26)8-25/h2-3,6-7,9H,4-5,8H2,1H3,(H2,18,19)(H,21,22).